The van der Waals surface area contributed by atoms with Crippen molar-refractivity contribution in [3.8, 4) is 0 Å². The molecule has 0 saturated heterocycles. The van der Waals surface area contributed by atoms with E-state index in [2.05, 4.69) is 10.2 Å². The largest absolute Gasteiger partial charge is 0.329 e. The summed E-state index contributed by atoms with van der Waals surface area (Å²) in [5.74, 6) is 0. The number of aromatic amines is 1. The lowest BCUT2D eigenvalue weighted by Crippen LogP contribution is -2.42. The monoisotopic (exact) mass is 258 g/mol. The molecule has 1 aromatic heterocycles. The fourth-order valence-electron chi connectivity index (χ4n) is 2.33. The number of H-pyrrole nitrogens is 1. The van der Waals surface area contributed by atoms with Crippen LogP contribution in [-0.2, 0) is 10.0 Å². The Morgan fingerprint density at radius 3 is 2.71 bits per heavy atom. The van der Waals surface area contributed by atoms with Gasteiger partial charge in [0, 0.05) is 19.1 Å². The number of nitrogens with two attached hydrogens (primary N) is 1. The van der Waals surface area contributed by atoms with Gasteiger partial charge in [-0.1, -0.05) is 12.8 Å². The van der Waals surface area contributed by atoms with Gasteiger partial charge in [0.1, 0.15) is 0 Å². The third-order valence-corrected chi connectivity index (χ3v) is 5.02. The molecule has 0 aromatic carbocycles. The first kappa shape index (κ1) is 12.5. The van der Waals surface area contributed by atoms with E-state index in [4.69, 9.17) is 5.73 Å². The third kappa shape index (κ3) is 2.51. The van der Waals surface area contributed by atoms with Gasteiger partial charge in [-0.2, -0.15) is 9.40 Å². The van der Waals surface area contributed by atoms with Crippen LogP contribution in [0.3, 0.4) is 0 Å². The summed E-state index contributed by atoms with van der Waals surface area (Å²) >= 11 is 0. The Balaban J connectivity index is 2.26. The molecule has 0 aliphatic heterocycles. The van der Waals surface area contributed by atoms with Crippen molar-refractivity contribution in [1.82, 2.24) is 14.5 Å². The standard InChI is InChI=1S/C10H18N4O2S/c11-6-8-14(9-3-1-2-4-9)17(15,16)10-5-7-12-13-10/h5,7,9H,1-4,6,8,11H2,(H,12,13). The van der Waals surface area contributed by atoms with Crippen molar-refractivity contribution < 1.29 is 8.42 Å². The van der Waals surface area contributed by atoms with Gasteiger partial charge >= 0.3 is 0 Å². The molecule has 1 aromatic rings. The summed E-state index contributed by atoms with van der Waals surface area (Å²) in [6.07, 6.45) is 5.47. The maximum atomic E-state index is 12.4. The van der Waals surface area contributed by atoms with Crippen LogP contribution in [0.4, 0.5) is 0 Å². The predicted octanol–water partition coefficient (Wildman–Crippen LogP) is 0.302. The Labute approximate surface area is 101 Å². The number of nitrogens with one attached hydrogen (secondary N) is 1. The molecule has 0 amide bonds. The molecule has 1 saturated carbocycles. The lowest BCUT2D eigenvalue weighted by atomic mass is 10.2. The van der Waals surface area contributed by atoms with Crippen LogP contribution in [0.2, 0.25) is 0 Å². The second kappa shape index (κ2) is 5.16. The molecule has 3 N–H and O–H groups in total. The van der Waals surface area contributed by atoms with Gasteiger partial charge in [0.05, 0.1) is 6.20 Å². The molecule has 1 fully saturated rings. The van der Waals surface area contributed by atoms with Crippen LogP contribution in [-0.4, -0.2) is 42.1 Å². The highest BCUT2D eigenvalue weighted by molar-refractivity contribution is 7.89. The molecular weight excluding hydrogens is 240 g/mol. The van der Waals surface area contributed by atoms with Crippen LogP contribution in [0, 0.1) is 0 Å². The number of hydrogen-bond donors (Lipinski definition) is 2. The van der Waals surface area contributed by atoms with Crippen molar-refractivity contribution in [3.05, 3.63) is 12.3 Å². The molecule has 0 unspecified atom stereocenters. The Morgan fingerprint density at radius 2 is 2.18 bits per heavy atom. The molecule has 0 radical (unpaired) electrons. The van der Waals surface area contributed by atoms with E-state index in [0.29, 0.717) is 13.1 Å². The molecule has 1 aliphatic carbocycles. The first-order chi connectivity index (χ1) is 8.16. The summed E-state index contributed by atoms with van der Waals surface area (Å²) in [6, 6.07) is 1.57. The molecular formula is C10H18N4O2S. The minimum absolute atomic E-state index is 0.0897. The summed E-state index contributed by atoms with van der Waals surface area (Å²) in [5.41, 5.74) is 5.52. The van der Waals surface area contributed by atoms with Crippen LogP contribution in [0.15, 0.2) is 17.3 Å². The SMILES string of the molecule is NCCN(C1CCCC1)S(=O)(=O)c1ccn[nH]1. The maximum Gasteiger partial charge on any atom is 0.260 e. The molecule has 96 valence electrons. The van der Waals surface area contributed by atoms with E-state index in [1.54, 1.807) is 0 Å². The van der Waals surface area contributed by atoms with Gasteiger partial charge in [0.25, 0.3) is 10.0 Å². The van der Waals surface area contributed by atoms with E-state index in [0.717, 1.165) is 25.7 Å². The lowest BCUT2D eigenvalue weighted by Gasteiger charge is -2.26. The summed E-state index contributed by atoms with van der Waals surface area (Å²) < 4.78 is 26.3. The molecule has 1 aliphatic rings. The van der Waals surface area contributed by atoms with E-state index in [9.17, 15) is 8.42 Å². The minimum Gasteiger partial charge on any atom is -0.329 e. The van der Waals surface area contributed by atoms with Crippen molar-refractivity contribution in [2.75, 3.05) is 13.1 Å². The van der Waals surface area contributed by atoms with Gasteiger partial charge in [-0.25, -0.2) is 8.42 Å². The smallest absolute Gasteiger partial charge is 0.260 e. The topological polar surface area (TPSA) is 92.1 Å². The molecule has 0 bridgehead atoms. The Morgan fingerprint density at radius 1 is 1.47 bits per heavy atom. The molecule has 2 rings (SSSR count). The summed E-state index contributed by atoms with van der Waals surface area (Å²) in [6.45, 7) is 0.704. The lowest BCUT2D eigenvalue weighted by molar-refractivity contribution is 0.327. The second-order valence-corrected chi connectivity index (χ2v) is 6.12. The van der Waals surface area contributed by atoms with Crippen molar-refractivity contribution in [2.45, 2.75) is 36.8 Å². The molecule has 6 nitrogen and oxygen atoms in total. The first-order valence-electron chi connectivity index (χ1n) is 5.87. The van der Waals surface area contributed by atoms with E-state index >= 15 is 0 Å². The van der Waals surface area contributed by atoms with Crippen molar-refractivity contribution in [2.24, 2.45) is 5.73 Å². The van der Waals surface area contributed by atoms with Crippen LogP contribution < -0.4 is 5.73 Å². The summed E-state index contributed by atoms with van der Waals surface area (Å²) in [5, 5.41) is 6.37. The Kier molecular flexibility index (Phi) is 3.80. The zero-order valence-corrected chi connectivity index (χ0v) is 10.5. The Bertz CT molecular complexity index is 437. The van der Waals surface area contributed by atoms with Gasteiger partial charge in [0.15, 0.2) is 5.03 Å². The predicted molar refractivity (Wildman–Crippen MR) is 63.8 cm³/mol. The highest BCUT2D eigenvalue weighted by Gasteiger charge is 2.33. The van der Waals surface area contributed by atoms with Crippen LogP contribution in [0.5, 0.6) is 0 Å². The van der Waals surface area contributed by atoms with Crippen molar-refractivity contribution in [3.63, 3.8) is 0 Å². The van der Waals surface area contributed by atoms with Crippen LogP contribution in [0.25, 0.3) is 0 Å². The van der Waals surface area contributed by atoms with Crippen LogP contribution in [0.1, 0.15) is 25.7 Å². The van der Waals surface area contributed by atoms with E-state index in [1.165, 1.54) is 16.6 Å². The van der Waals surface area contributed by atoms with Crippen molar-refractivity contribution in [1.29, 1.82) is 0 Å². The fourth-order valence-corrected chi connectivity index (χ4v) is 3.93. The van der Waals surface area contributed by atoms with Gasteiger partial charge < -0.3 is 5.73 Å². The molecule has 0 atom stereocenters. The first-order valence-corrected chi connectivity index (χ1v) is 7.31. The molecule has 1 heterocycles. The zero-order valence-electron chi connectivity index (χ0n) is 9.67. The fraction of sp³-hybridized carbons (Fsp3) is 0.700. The maximum absolute atomic E-state index is 12.4. The van der Waals surface area contributed by atoms with Gasteiger partial charge in [-0.15, -0.1) is 0 Å². The zero-order chi connectivity index (χ0) is 12.3. The van der Waals surface area contributed by atoms with E-state index in [1.807, 2.05) is 0 Å². The quantitative estimate of drug-likeness (QED) is 0.794. The minimum atomic E-state index is -3.47. The molecule has 0 spiro atoms. The Hall–Kier alpha value is -0.920. The van der Waals surface area contributed by atoms with E-state index in [-0.39, 0.29) is 11.1 Å². The highest BCUT2D eigenvalue weighted by atomic mass is 32.2. The molecule has 7 heteroatoms. The number of hydrogen-bond acceptors (Lipinski definition) is 4. The van der Waals surface area contributed by atoms with Gasteiger partial charge in [-0.05, 0) is 18.9 Å². The van der Waals surface area contributed by atoms with Crippen LogP contribution >= 0.6 is 0 Å². The normalized spacial score (nSPS) is 18.0. The number of sulfonamides is 1. The highest BCUT2D eigenvalue weighted by Crippen LogP contribution is 2.27. The van der Waals surface area contributed by atoms with Gasteiger partial charge in [0.2, 0.25) is 0 Å². The second-order valence-electron chi connectivity index (χ2n) is 4.26. The third-order valence-electron chi connectivity index (χ3n) is 3.14. The average Bonchev–Trinajstić information content (AvgIpc) is 2.97. The van der Waals surface area contributed by atoms with Crippen molar-refractivity contribution >= 4 is 10.0 Å². The molecule has 17 heavy (non-hydrogen) atoms. The van der Waals surface area contributed by atoms with Gasteiger partial charge in [-0.3, -0.25) is 5.10 Å². The number of aromatic nitrogens is 2. The average molecular weight is 258 g/mol. The summed E-state index contributed by atoms with van der Waals surface area (Å²) in [7, 11) is -3.47. The number of rotatable bonds is 5. The summed E-state index contributed by atoms with van der Waals surface area (Å²) in [4.78, 5) is 0. The van der Waals surface area contributed by atoms with E-state index < -0.39 is 10.0 Å². The number of nitrogens with zero attached hydrogens (tertiary/aromatic N) is 2.